The molecule has 0 saturated carbocycles. The number of methoxy groups -OCH3 is 1. The molecule has 0 aliphatic carbocycles. The van der Waals surface area contributed by atoms with Gasteiger partial charge in [0.05, 0.1) is 31.3 Å². The van der Waals surface area contributed by atoms with Crippen LogP contribution in [0, 0.1) is 0 Å². The molecule has 0 aliphatic rings. The molecule has 0 fully saturated rings. The van der Waals surface area contributed by atoms with Crippen LogP contribution in [0.25, 0.3) is 11.3 Å². The Morgan fingerprint density at radius 3 is 2.35 bits per heavy atom. The highest BCUT2D eigenvalue weighted by Crippen LogP contribution is 2.48. The Morgan fingerprint density at radius 2 is 1.74 bits per heavy atom. The van der Waals surface area contributed by atoms with E-state index in [4.69, 9.17) is 14.2 Å². The zero-order chi connectivity index (χ0) is 22.3. The molecule has 162 valence electrons. The van der Waals surface area contributed by atoms with Crippen LogP contribution in [0.1, 0.15) is 18.2 Å². The summed E-state index contributed by atoms with van der Waals surface area (Å²) in [5.41, 5.74) is 3.29. The van der Waals surface area contributed by atoms with E-state index in [0.717, 1.165) is 11.1 Å². The maximum atomic E-state index is 13.0. The lowest BCUT2D eigenvalue weighted by molar-refractivity contribution is -0.139. The van der Waals surface area contributed by atoms with E-state index in [-0.39, 0.29) is 6.61 Å². The largest absolute Gasteiger partial charge is 0.467 e. The molecule has 2 aromatic carbocycles. The fourth-order valence-electron chi connectivity index (χ4n) is 3.15. The second-order valence-electron chi connectivity index (χ2n) is 6.98. The number of rotatable bonds is 9. The average Bonchev–Trinajstić information content (AvgIpc) is 2.78. The molecule has 7 nitrogen and oxygen atoms in total. The predicted molar refractivity (Wildman–Crippen MR) is 121 cm³/mol. The summed E-state index contributed by atoms with van der Waals surface area (Å²) in [6.45, 7) is 3.34. The lowest BCUT2D eigenvalue weighted by Gasteiger charge is -2.24. The van der Waals surface area contributed by atoms with Crippen LogP contribution in [-0.4, -0.2) is 42.1 Å². The third-order valence-electron chi connectivity index (χ3n) is 4.68. The number of hydrogen-bond acceptors (Lipinski definition) is 7. The third kappa shape index (κ3) is 5.78. The predicted octanol–water partition coefficient (Wildman–Crippen LogP) is 4.59. The molecule has 1 aromatic heterocycles. The first-order valence-electron chi connectivity index (χ1n) is 9.96. The standard InChI is InChI=1S/C23H26N3O4P/c1-4-30-31(3,28)22(23(27)29-2)26-21-19(15-17-11-7-5-8-12-17)25-20(16-24-21)18-13-9-6-10-14-18/h5-14,16,22H,4,15H2,1-3H3,(H,24,26). The van der Waals surface area contributed by atoms with Crippen LogP contribution in [0.15, 0.2) is 66.9 Å². The van der Waals surface area contributed by atoms with Crippen molar-refractivity contribution in [1.82, 2.24) is 9.97 Å². The number of esters is 1. The molecule has 2 unspecified atom stereocenters. The van der Waals surface area contributed by atoms with Crippen LogP contribution in [-0.2, 0) is 25.0 Å². The molecule has 0 amide bonds. The number of carbonyl (C=O) groups is 1. The van der Waals surface area contributed by atoms with E-state index in [1.54, 1.807) is 13.1 Å². The fraction of sp³-hybridized carbons (Fsp3) is 0.261. The number of hydrogen-bond donors (Lipinski definition) is 1. The fourth-order valence-corrected chi connectivity index (χ4v) is 4.66. The van der Waals surface area contributed by atoms with Gasteiger partial charge in [-0.1, -0.05) is 60.7 Å². The maximum Gasteiger partial charge on any atom is 0.338 e. The molecule has 0 radical (unpaired) electrons. The van der Waals surface area contributed by atoms with Gasteiger partial charge in [0.2, 0.25) is 13.2 Å². The SMILES string of the molecule is CCOP(C)(=O)C(Nc1ncc(-c2ccccc2)nc1Cc1ccccc1)C(=O)OC. The lowest BCUT2D eigenvalue weighted by Crippen LogP contribution is -2.32. The van der Waals surface area contributed by atoms with Gasteiger partial charge in [0.15, 0.2) is 0 Å². The summed E-state index contributed by atoms with van der Waals surface area (Å²) in [4.78, 5) is 21.7. The number of nitrogens with zero attached hydrogens (tertiary/aromatic N) is 2. The highest BCUT2D eigenvalue weighted by Gasteiger charge is 2.37. The van der Waals surface area contributed by atoms with Crippen molar-refractivity contribution in [3.05, 3.63) is 78.1 Å². The summed E-state index contributed by atoms with van der Waals surface area (Å²) >= 11 is 0. The van der Waals surface area contributed by atoms with Gasteiger partial charge in [0.1, 0.15) is 5.82 Å². The van der Waals surface area contributed by atoms with Gasteiger partial charge in [0.25, 0.3) is 0 Å². The minimum atomic E-state index is -3.37. The first-order chi connectivity index (χ1) is 14.9. The van der Waals surface area contributed by atoms with Crippen molar-refractivity contribution in [3.8, 4) is 11.3 Å². The summed E-state index contributed by atoms with van der Waals surface area (Å²) in [7, 11) is -2.12. The van der Waals surface area contributed by atoms with Crippen molar-refractivity contribution in [2.24, 2.45) is 0 Å². The zero-order valence-corrected chi connectivity index (χ0v) is 18.7. The molecule has 2 atom stereocenters. The van der Waals surface area contributed by atoms with Gasteiger partial charge in [-0.25, -0.2) is 14.8 Å². The van der Waals surface area contributed by atoms with Crippen molar-refractivity contribution in [3.63, 3.8) is 0 Å². The number of nitrogens with one attached hydrogen (secondary N) is 1. The molecule has 3 rings (SSSR count). The van der Waals surface area contributed by atoms with Gasteiger partial charge < -0.3 is 14.6 Å². The van der Waals surface area contributed by atoms with Crippen molar-refractivity contribution in [2.75, 3.05) is 25.7 Å². The number of anilines is 1. The Labute approximate surface area is 182 Å². The Balaban J connectivity index is 2.02. The summed E-state index contributed by atoms with van der Waals surface area (Å²) in [6.07, 6.45) is 2.11. The minimum absolute atomic E-state index is 0.207. The Hall–Kier alpha value is -3.02. The average molecular weight is 439 g/mol. The number of ether oxygens (including phenoxy) is 1. The highest BCUT2D eigenvalue weighted by molar-refractivity contribution is 7.60. The second-order valence-corrected chi connectivity index (χ2v) is 9.57. The normalized spacial score (nSPS) is 13.8. The molecular formula is C23H26N3O4P. The van der Waals surface area contributed by atoms with Crippen LogP contribution in [0.5, 0.6) is 0 Å². The highest BCUT2D eigenvalue weighted by atomic mass is 31.2. The molecule has 0 aliphatic heterocycles. The van der Waals surface area contributed by atoms with Gasteiger partial charge in [-0.15, -0.1) is 0 Å². The number of benzene rings is 2. The maximum absolute atomic E-state index is 13.0. The summed E-state index contributed by atoms with van der Waals surface area (Å²) in [6, 6.07) is 19.5. The van der Waals surface area contributed by atoms with E-state index < -0.39 is 19.1 Å². The molecule has 0 spiro atoms. The van der Waals surface area contributed by atoms with E-state index in [1.807, 2.05) is 60.7 Å². The summed E-state index contributed by atoms with van der Waals surface area (Å²) < 4.78 is 23.3. The summed E-state index contributed by atoms with van der Waals surface area (Å²) in [5.74, 6) is -1.51. The van der Waals surface area contributed by atoms with Gasteiger partial charge in [-0.2, -0.15) is 0 Å². The van der Waals surface area contributed by atoms with Crippen LogP contribution in [0.3, 0.4) is 0 Å². The minimum Gasteiger partial charge on any atom is -0.467 e. The van der Waals surface area contributed by atoms with E-state index >= 15 is 0 Å². The molecule has 1 N–H and O–H groups in total. The third-order valence-corrected chi connectivity index (χ3v) is 6.73. The first-order valence-corrected chi connectivity index (χ1v) is 12.1. The van der Waals surface area contributed by atoms with E-state index in [1.165, 1.54) is 13.8 Å². The number of carbonyl (C=O) groups excluding carboxylic acids is 1. The Morgan fingerprint density at radius 1 is 1.10 bits per heavy atom. The number of aromatic nitrogens is 2. The molecular weight excluding hydrogens is 413 g/mol. The zero-order valence-electron chi connectivity index (χ0n) is 17.8. The van der Waals surface area contributed by atoms with Crippen LogP contribution >= 0.6 is 7.37 Å². The first kappa shape index (κ1) is 22.7. The molecule has 0 bridgehead atoms. The van der Waals surface area contributed by atoms with E-state index in [2.05, 4.69) is 10.3 Å². The van der Waals surface area contributed by atoms with Crippen LogP contribution in [0.4, 0.5) is 5.82 Å². The van der Waals surface area contributed by atoms with Gasteiger partial charge in [-0.3, -0.25) is 4.57 Å². The molecule has 8 heteroatoms. The van der Waals surface area contributed by atoms with E-state index in [0.29, 0.717) is 23.6 Å². The second kappa shape index (κ2) is 10.3. The van der Waals surface area contributed by atoms with Gasteiger partial charge in [0, 0.05) is 18.6 Å². The monoisotopic (exact) mass is 439 g/mol. The molecule has 31 heavy (non-hydrogen) atoms. The molecule has 1 heterocycles. The molecule has 0 saturated heterocycles. The van der Waals surface area contributed by atoms with Gasteiger partial charge >= 0.3 is 5.97 Å². The van der Waals surface area contributed by atoms with Crippen molar-refractivity contribution < 1.29 is 18.6 Å². The Kier molecular flexibility index (Phi) is 7.55. The van der Waals surface area contributed by atoms with Gasteiger partial charge in [-0.05, 0) is 12.5 Å². The quantitative estimate of drug-likeness (QED) is 0.385. The van der Waals surface area contributed by atoms with Crippen molar-refractivity contribution in [2.45, 2.75) is 19.1 Å². The van der Waals surface area contributed by atoms with Crippen LogP contribution in [0.2, 0.25) is 0 Å². The van der Waals surface area contributed by atoms with Crippen molar-refractivity contribution in [1.29, 1.82) is 0 Å². The Bertz CT molecular complexity index is 1060. The lowest BCUT2D eigenvalue weighted by atomic mass is 10.1. The summed E-state index contributed by atoms with van der Waals surface area (Å²) in [5, 5.41) is 2.99. The van der Waals surface area contributed by atoms with Crippen molar-refractivity contribution >= 4 is 19.2 Å². The smallest absolute Gasteiger partial charge is 0.338 e. The van der Waals surface area contributed by atoms with Crippen LogP contribution < -0.4 is 5.32 Å². The molecule has 3 aromatic rings. The van der Waals surface area contributed by atoms with E-state index in [9.17, 15) is 9.36 Å². The topological polar surface area (TPSA) is 90.4 Å².